The van der Waals surface area contributed by atoms with Gasteiger partial charge in [-0.1, -0.05) is 29.4 Å². The largest absolute Gasteiger partial charge is 0.452 e. The molecule has 0 aliphatic rings. The highest BCUT2D eigenvalue weighted by Gasteiger charge is 2.39. The molecular formula is C18H13F3N2O2S. The minimum absolute atomic E-state index is 0.0934. The molecule has 26 heavy (non-hydrogen) atoms. The Kier molecular flexibility index (Phi) is 4.78. The van der Waals surface area contributed by atoms with Gasteiger partial charge in [-0.3, -0.25) is 9.79 Å². The van der Waals surface area contributed by atoms with Gasteiger partial charge in [0, 0.05) is 24.4 Å². The number of aromatic nitrogens is 1. The fraction of sp³-hybridized carbons (Fsp3) is 0.167. The van der Waals surface area contributed by atoms with Crippen molar-refractivity contribution in [3.63, 3.8) is 0 Å². The molecule has 8 heteroatoms. The number of nitrogens with zero attached hydrogens (tertiary/aromatic N) is 2. The predicted molar refractivity (Wildman–Crippen MR) is 92.9 cm³/mol. The summed E-state index contributed by atoms with van der Waals surface area (Å²) in [6.45, 7) is 1.30. The van der Waals surface area contributed by atoms with E-state index in [-0.39, 0.29) is 17.0 Å². The molecule has 0 unspecified atom stereocenters. The minimum atomic E-state index is -4.60. The minimum Gasteiger partial charge on any atom is -0.351 e. The smallest absolute Gasteiger partial charge is 0.351 e. The highest BCUT2D eigenvalue weighted by Crippen LogP contribution is 2.38. The van der Waals surface area contributed by atoms with Gasteiger partial charge < -0.3 is 4.52 Å². The number of benzene rings is 1. The molecule has 0 saturated heterocycles. The van der Waals surface area contributed by atoms with Crippen LogP contribution in [0.5, 0.6) is 0 Å². The molecule has 3 rings (SSSR count). The Balaban J connectivity index is 1.88. The molecule has 0 saturated carbocycles. The highest BCUT2D eigenvalue weighted by molar-refractivity contribution is 7.17. The topological polar surface area (TPSA) is 55.5 Å². The normalized spacial score (nSPS) is 12.0. The third-order valence-corrected chi connectivity index (χ3v) is 4.79. The standard InChI is InChI=1S/C18H13F3N2O2S/c1-10-15(23-25-17(10)18(19,20)21)13-7-8-14(26-13)16(24)12-5-3-11(4-6-12)9-22-2/h3-9H,1-2H3. The van der Waals surface area contributed by atoms with Crippen LogP contribution in [0.1, 0.15) is 32.1 Å². The Bertz CT molecular complexity index is 969. The van der Waals surface area contributed by atoms with E-state index in [0.29, 0.717) is 15.3 Å². The Labute approximate surface area is 151 Å². The van der Waals surface area contributed by atoms with E-state index in [0.717, 1.165) is 16.9 Å². The first kappa shape index (κ1) is 18.1. The second kappa shape index (κ2) is 6.87. The monoisotopic (exact) mass is 378 g/mol. The molecule has 0 fully saturated rings. The van der Waals surface area contributed by atoms with Crippen LogP contribution in [0.25, 0.3) is 10.6 Å². The van der Waals surface area contributed by atoms with Crippen molar-refractivity contribution in [2.45, 2.75) is 13.1 Å². The van der Waals surface area contributed by atoms with Crippen molar-refractivity contribution in [2.24, 2.45) is 4.99 Å². The molecule has 0 radical (unpaired) electrons. The van der Waals surface area contributed by atoms with Crippen LogP contribution < -0.4 is 0 Å². The summed E-state index contributed by atoms with van der Waals surface area (Å²) in [7, 11) is 1.66. The second-order valence-electron chi connectivity index (χ2n) is 5.49. The Morgan fingerprint density at radius 2 is 1.88 bits per heavy atom. The van der Waals surface area contributed by atoms with Gasteiger partial charge >= 0.3 is 6.18 Å². The summed E-state index contributed by atoms with van der Waals surface area (Å²) in [5, 5.41) is 3.52. The van der Waals surface area contributed by atoms with Crippen molar-refractivity contribution in [1.29, 1.82) is 0 Å². The first-order chi connectivity index (χ1) is 12.3. The third-order valence-electron chi connectivity index (χ3n) is 3.70. The summed E-state index contributed by atoms with van der Waals surface area (Å²) < 4.78 is 42.9. The fourth-order valence-electron chi connectivity index (χ4n) is 2.43. The molecule has 3 aromatic rings. The van der Waals surface area contributed by atoms with Crippen LogP contribution >= 0.6 is 11.3 Å². The van der Waals surface area contributed by atoms with Crippen LogP contribution in [-0.4, -0.2) is 24.2 Å². The van der Waals surface area contributed by atoms with Gasteiger partial charge in [0.25, 0.3) is 0 Å². The van der Waals surface area contributed by atoms with E-state index in [4.69, 9.17) is 0 Å². The maximum atomic E-state index is 12.8. The summed E-state index contributed by atoms with van der Waals surface area (Å²) >= 11 is 1.08. The van der Waals surface area contributed by atoms with Gasteiger partial charge in [-0.25, -0.2) is 0 Å². The summed E-state index contributed by atoms with van der Waals surface area (Å²) in [4.78, 5) is 17.3. The maximum Gasteiger partial charge on any atom is 0.452 e. The molecule has 0 amide bonds. The van der Waals surface area contributed by atoms with Gasteiger partial charge in [0.05, 0.1) is 9.75 Å². The Morgan fingerprint density at radius 3 is 2.46 bits per heavy atom. The van der Waals surface area contributed by atoms with E-state index in [1.165, 1.54) is 6.92 Å². The highest BCUT2D eigenvalue weighted by atomic mass is 32.1. The van der Waals surface area contributed by atoms with Crippen molar-refractivity contribution in [3.05, 3.63) is 63.7 Å². The number of halogens is 3. The van der Waals surface area contributed by atoms with E-state index in [1.807, 2.05) is 0 Å². The average molecular weight is 378 g/mol. The molecule has 4 nitrogen and oxygen atoms in total. The molecule has 1 aromatic carbocycles. The number of aliphatic imine (C=N–C) groups is 1. The number of carbonyl (C=O) groups is 1. The van der Waals surface area contributed by atoms with Crippen molar-refractivity contribution in [1.82, 2.24) is 5.16 Å². The number of alkyl halides is 3. The molecule has 0 N–H and O–H groups in total. The Morgan fingerprint density at radius 1 is 1.19 bits per heavy atom. The summed E-state index contributed by atoms with van der Waals surface area (Å²) in [5.41, 5.74) is 1.35. The number of rotatable bonds is 4. The first-order valence-electron chi connectivity index (χ1n) is 7.52. The van der Waals surface area contributed by atoms with E-state index >= 15 is 0 Å². The molecule has 134 valence electrons. The van der Waals surface area contributed by atoms with Crippen LogP contribution in [0.2, 0.25) is 0 Å². The van der Waals surface area contributed by atoms with Crippen LogP contribution in [0, 0.1) is 6.92 Å². The first-order valence-corrected chi connectivity index (χ1v) is 8.33. The lowest BCUT2D eigenvalue weighted by Gasteiger charge is -2.01. The van der Waals surface area contributed by atoms with E-state index in [9.17, 15) is 18.0 Å². The van der Waals surface area contributed by atoms with Crippen LogP contribution in [0.4, 0.5) is 13.2 Å². The van der Waals surface area contributed by atoms with Crippen molar-refractivity contribution >= 4 is 23.3 Å². The summed E-state index contributed by atoms with van der Waals surface area (Å²) in [5.74, 6) is -1.33. The maximum absolute atomic E-state index is 12.8. The van der Waals surface area contributed by atoms with Gasteiger partial charge in [0.15, 0.2) is 0 Å². The van der Waals surface area contributed by atoms with E-state index < -0.39 is 11.9 Å². The zero-order valence-electron chi connectivity index (χ0n) is 13.8. The molecule has 0 aliphatic heterocycles. The lowest BCUT2D eigenvalue weighted by molar-refractivity contribution is -0.156. The number of hydrogen-bond acceptors (Lipinski definition) is 5. The van der Waals surface area contributed by atoms with Gasteiger partial charge in [-0.05, 0) is 24.6 Å². The van der Waals surface area contributed by atoms with Gasteiger partial charge in [-0.15, -0.1) is 11.3 Å². The zero-order chi connectivity index (χ0) is 18.9. The van der Waals surface area contributed by atoms with Gasteiger partial charge in [-0.2, -0.15) is 13.2 Å². The number of thiophene rings is 1. The van der Waals surface area contributed by atoms with Gasteiger partial charge in [0.2, 0.25) is 11.5 Å². The SMILES string of the molecule is CN=Cc1ccc(C(=O)c2ccc(-c3noc(C(F)(F)F)c3C)s2)cc1. The number of carbonyl (C=O) groups excluding carboxylic acids is 1. The molecule has 2 aromatic heterocycles. The molecular weight excluding hydrogens is 365 g/mol. The van der Waals surface area contributed by atoms with E-state index in [2.05, 4.69) is 14.7 Å². The van der Waals surface area contributed by atoms with Crippen molar-refractivity contribution < 1.29 is 22.5 Å². The van der Waals surface area contributed by atoms with Crippen LogP contribution in [-0.2, 0) is 6.18 Å². The second-order valence-corrected chi connectivity index (χ2v) is 6.57. The quantitative estimate of drug-likeness (QED) is 0.474. The van der Waals surface area contributed by atoms with Crippen LogP contribution in [0.3, 0.4) is 0 Å². The lowest BCUT2D eigenvalue weighted by Crippen LogP contribution is -2.04. The van der Waals surface area contributed by atoms with E-state index in [1.54, 1.807) is 49.7 Å². The Hall–Kier alpha value is -2.74. The average Bonchev–Trinajstić information content (AvgIpc) is 3.21. The fourth-order valence-corrected chi connectivity index (χ4v) is 3.44. The predicted octanol–water partition coefficient (Wildman–Crippen LogP) is 5.01. The van der Waals surface area contributed by atoms with Crippen molar-refractivity contribution in [2.75, 3.05) is 7.05 Å². The molecule has 2 heterocycles. The third kappa shape index (κ3) is 3.45. The van der Waals surface area contributed by atoms with Crippen LogP contribution in [0.15, 0.2) is 45.9 Å². The summed E-state index contributed by atoms with van der Waals surface area (Å²) in [6, 6.07) is 10.0. The lowest BCUT2D eigenvalue weighted by atomic mass is 10.1. The number of hydrogen-bond donors (Lipinski definition) is 0. The molecule has 0 spiro atoms. The van der Waals surface area contributed by atoms with Crippen molar-refractivity contribution in [3.8, 4) is 10.6 Å². The molecule has 0 bridgehead atoms. The zero-order valence-corrected chi connectivity index (χ0v) is 14.6. The molecule has 0 atom stereocenters. The number of ketones is 1. The summed E-state index contributed by atoms with van der Waals surface area (Å²) in [6.07, 6.45) is -2.93. The molecule has 0 aliphatic carbocycles. The van der Waals surface area contributed by atoms with Gasteiger partial charge in [0.1, 0.15) is 5.69 Å².